The second-order valence-corrected chi connectivity index (χ2v) is 13.3. The van der Waals surface area contributed by atoms with Gasteiger partial charge in [-0.25, -0.2) is 0 Å². The molecule has 0 saturated carbocycles. The molecular weight excluding hydrogens is 551 g/mol. The first-order chi connectivity index (χ1) is 22.6. The number of fused-ring (bicyclic) bond motifs is 1. The van der Waals surface area contributed by atoms with Crippen molar-refractivity contribution in [2.24, 2.45) is 11.8 Å². The Kier molecular flexibility index (Phi) is 7.34. The van der Waals surface area contributed by atoms with Gasteiger partial charge in [-0.15, -0.1) is 0 Å². The Morgan fingerprint density at radius 3 is 2.39 bits per heavy atom. The van der Waals surface area contributed by atoms with Crippen molar-refractivity contribution in [3.63, 3.8) is 0 Å². The van der Waals surface area contributed by atoms with E-state index < -0.39 is 0 Å². The zero-order chi connectivity index (χ0) is 31.2. The Hall–Kier alpha value is -4.88. The van der Waals surface area contributed by atoms with Crippen molar-refractivity contribution in [1.82, 2.24) is 0 Å². The summed E-state index contributed by atoms with van der Waals surface area (Å²) in [6.07, 6.45) is 27.2. The molecule has 0 fully saturated rings. The maximum atomic E-state index is 4.11. The minimum Gasteiger partial charge on any atom is -0.0991 e. The van der Waals surface area contributed by atoms with Crippen LogP contribution in [0.3, 0.4) is 0 Å². The number of hydrogen-bond donors (Lipinski definition) is 0. The van der Waals surface area contributed by atoms with Gasteiger partial charge in [0.25, 0.3) is 0 Å². The van der Waals surface area contributed by atoms with Crippen LogP contribution in [-0.2, 0) is 0 Å². The van der Waals surface area contributed by atoms with E-state index in [0.29, 0.717) is 17.7 Å². The van der Waals surface area contributed by atoms with Crippen LogP contribution < -0.4 is 5.46 Å². The second kappa shape index (κ2) is 11.8. The lowest BCUT2D eigenvalue weighted by molar-refractivity contribution is 0.444. The Balaban J connectivity index is 1.36. The van der Waals surface area contributed by atoms with E-state index in [1.807, 2.05) is 6.08 Å². The number of allylic oxidation sites excluding steroid dienone is 15. The van der Waals surface area contributed by atoms with Gasteiger partial charge < -0.3 is 0 Å². The summed E-state index contributed by atoms with van der Waals surface area (Å²) in [4.78, 5) is 0. The summed E-state index contributed by atoms with van der Waals surface area (Å²) in [5.74, 6) is 1.33. The van der Waals surface area contributed by atoms with Crippen LogP contribution in [-0.4, -0.2) is 6.71 Å². The normalized spacial score (nSPS) is 22.0. The van der Waals surface area contributed by atoms with Gasteiger partial charge in [0.1, 0.15) is 0 Å². The average Bonchev–Trinajstić information content (AvgIpc) is 3.10. The molecule has 0 bridgehead atoms. The molecule has 0 heterocycles. The molecule has 3 atom stereocenters. The van der Waals surface area contributed by atoms with Crippen molar-refractivity contribution in [2.45, 2.75) is 32.5 Å². The number of hydrogen-bond acceptors (Lipinski definition) is 0. The SMILES string of the molecule is C=C/C=C(C)\C(B(c1cccc(-c2ccc3ccc4cccc5ccc2c3c45)c1)C1C(C)=CCC2C=CC=CC21)=C1\C=CC=CC1. The van der Waals surface area contributed by atoms with E-state index in [-0.39, 0.29) is 6.71 Å². The van der Waals surface area contributed by atoms with Crippen LogP contribution in [0.5, 0.6) is 0 Å². The molecule has 0 radical (unpaired) electrons. The van der Waals surface area contributed by atoms with E-state index in [4.69, 9.17) is 0 Å². The van der Waals surface area contributed by atoms with Crippen molar-refractivity contribution >= 4 is 44.5 Å². The van der Waals surface area contributed by atoms with E-state index >= 15 is 0 Å². The van der Waals surface area contributed by atoms with Gasteiger partial charge in [-0.05, 0) is 93.4 Å². The van der Waals surface area contributed by atoms with Crippen LogP contribution >= 0.6 is 0 Å². The maximum absolute atomic E-state index is 4.11. The molecule has 46 heavy (non-hydrogen) atoms. The topological polar surface area (TPSA) is 0 Å². The lowest BCUT2D eigenvalue weighted by Crippen LogP contribution is -2.44. The van der Waals surface area contributed by atoms with Crippen molar-refractivity contribution in [1.29, 1.82) is 0 Å². The first kappa shape index (κ1) is 28.6. The molecule has 0 aromatic heterocycles. The van der Waals surface area contributed by atoms with Gasteiger partial charge in [-0.1, -0.05) is 174 Å². The highest BCUT2D eigenvalue weighted by Crippen LogP contribution is 2.47. The van der Waals surface area contributed by atoms with Crippen molar-refractivity contribution in [2.75, 3.05) is 0 Å². The Bertz CT molecular complexity index is 2200. The van der Waals surface area contributed by atoms with Crippen LogP contribution in [0.25, 0.3) is 43.4 Å². The van der Waals surface area contributed by atoms with Gasteiger partial charge in [0.2, 0.25) is 6.71 Å². The van der Waals surface area contributed by atoms with Gasteiger partial charge in [-0.3, -0.25) is 0 Å². The van der Waals surface area contributed by atoms with Crippen LogP contribution in [0.4, 0.5) is 0 Å². The minimum absolute atomic E-state index is 0.197. The molecule has 3 aliphatic carbocycles. The van der Waals surface area contributed by atoms with Crippen LogP contribution in [0.1, 0.15) is 26.7 Å². The van der Waals surface area contributed by atoms with Crippen molar-refractivity contribution < 1.29 is 0 Å². The summed E-state index contributed by atoms with van der Waals surface area (Å²) in [7, 11) is 0. The first-order valence-corrected chi connectivity index (χ1v) is 16.8. The standard InChI is InChI=1S/C45H39B/c1-4-12-30(2)44(36-14-6-5-7-15-36)46(45-31(3)21-22-32-13-8-9-20-40(32)45)38-19-11-18-37(29-38)39-27-25-35-24-23-33-16-10-17-34-26-28-41(39)43(35)42(33)34/h4-14,16-21,23-29,32,40,45H,1,15,22H2,2-3H3/b30-12-,44-36+. The van der Waals surface area contributed by atoms with Gasteiger partial charge >= 0.3 is 0 Å². The molecule has 1 heteroatoms. The summed E-state index contributed by atoms with van der Waals surface area (Å²) < 4.78 is 0. The molecular formula is C45H39B. The quantitative estimate of drug-likeness (QED) is 0.0799. The van der Waals surface area contributed by atoms with E-state index in [9.17, 15) is 0 Å². The zero-order valence-electron chi connectivity index (χ0n) is 26.8. The lowest BCUT2D eigenvalue weighted by atomic mass is 9.27. The molecule has 8 rings (SSSR count). The molecule has 5 aromatic carbocycles. The van der Waals surface area contributed by atoms with Crippen LogP contribution in [0.2, 0.25) is 5.82 Å². The maximum Gasteiger partial charge on any atom is 0.217 e. The predicted molar refractivity (Wildman–Crippen MR) is 202 cm³/mol. The third-order valence-electron chi connectivity index (χ3n) is 10.7. The van der Waals surface area contributed by atoms with Crippen molar-refractivity contribution in [3.8, 4) is 11.1 Å². The van der Waals surface area contributed by atoms with E-state index in [1.165, 1.54) is 71.1 Å². The van der Waals surface area contributed by atoms with E-state index in [0.717, 1.165) is 12.8 Å². The second-order valence-electron chi connectivity index (χ2n) is 13.3. The summed E-state index contributed by atoms with van der Waals surface area (Å²) in [5.41, 5.74) is 9.60. The minimum atomic E-state index is 0.197. The summed E-state index contributed by atoms with van der Waals surface area (Å²) in [6, 6.07) is 30.0. The fourth-order valence-electron chi connectivity index (χ4n) is 8.66. The molecule has 5 aromatic rings. The van der Waals surface area contributed by atoms with Gasteiger partial charge in [0, 0.05) is 0 Å². The number of rotatable bonds is 6. The Morgan fingerprint density at radius 2 is 1.59 bits per heavy atom. The summed E-state index contributed by atoms with van der Waals surface area (Å²) in [6.45, 7) is 8.96. The molecule has 0 saturated heterocycles. The monoisotopic (exact) mass is 590 g/mol. The van der Waals surface area contributed by atoms with Gasteiger partial charge in [0.05, 0.1) is 0 Å². The van der Waals surface area contributed by atoms with E-state index in [1.54, 1.807) is 0 Å². The van der Waals surface area contributed by atoms with E-state index in [2.05, 4.69) is 160 Å². The lowest BCUT2D eigenvalue weighted by Gasteiger charge is -2.41. The fraction of sp³-hybridized carbons (Fsp3) is 0.156. The third-order valence-corrected chi connectivity index (χ3v) is 10.7. The average molecular weight is 591 g/mol. The highest BCUT2D eigenvalue weighted by Gasteiger charge is 2.42. The molecule has 0 nitrogen and oxygen atoms in total. The largest absolute Gasteiger partial charge is 0.217 e. The summed E-state index contributed by atoms with van der Waals surface area (Å²) >= 11 is 0. The Labute approximate surface area is 273 Å². The van der Waals surface area contributed by atoms with Gasteiger partial charge in [0.15, 0.2) is 0 Å². The molecule has 3 unspecified atom stereocenters. The van der Waals surface area contributed by atoms with Crippen LogP contribution in [0, 0.1) is 11.8 Å². The first-order valence-electron chi connectivity index (χ1n) is 16.8. The molecule has 0 spiro atoms. The molecule has 3 aliphatic rings. The third kappa shape index (κ3) is 4.78. The smallest absolute Gasteiger partial charge is 0.0991 e. The molecule has 0 amide bonds. The fourth-order valence-corrected chi connectivity index (χ4v) is 8.66. The highest BCUT2D eigenvalue weighted by molar-refractivity contribution is 6.82. The van der Waals surface area contributed by atoms with Gasteiger partial charge in [-0.2, -0.15) is 0 Å². The molecule has 0 N–H and O–H groups in total. The number of benzene rings is 5. The molecule has 222 valence electrons. The zero-order valence-corrected chi connectivity index (χ0v) is 26.8. The van der Waals surface area contributed by atoms with Crippen molar-refractivity contribution in [3.05, 3.63) is 174 Å². The summed E-state index contributed by atoms with van der Waals surface area (Å²) in [5, 5.41) is 7.98. The van der Waals surface area contributed by atoms with Crippen LogP contribution in [0.15, 0.2) is 174 Å². The Morgan fingerprint density at radius 1 is 0.826 bits per heavy atom. The predicted octanol–water partition coefficient (Wildman–Crippen LogP) is 11.5. The highest BCUT2D eigenvalue weighted by atomic mass is 14.3. The molecule has 0 aliphatic heterocycles.